The number of allylic oxidation sites excluding steroid dienone is 1. The molecule has 0 saturated heterocycles. The number of carbonyl (C=O) groups excluding carboxylic acids is 2. The third-order valence-corrected chi connectivity index (χ3v) is 4.35. The zero-order chi connectivity index (χ0) is 21.0. The molecule has 9 heteroatoms. The smallest absolute Gasteiger partial charge is 0.319 e. The van der Waals surface area contributed by atoms with Crippen molar-refractivity contribution in [3.05, 3.63) is 75.5 Å². The first kappa shape index (κ1) is 19.9. The lowest BCUT2D eigenvalue weighted by atomic mass is 9.94. The van der Waals surface area contributed by atoms with Gasteiger partial charge in [-0.05, 0) is 43.7 Å². The SMILES string of the molecule is CCOc1ccc(NC(=O)C2=C(C)NC(=O)N[C@@H]2c2cccc([N+](=O)[O-])c2)cc1. The van der Waals surface area contributed by atoms with Crippen LogP contribution >= 0.6 is 0 Å². The number of anilines is 1. The summed E-state index contributed by atoms with van der Waals surface area (Å²) in [6.07, 6.45) is 0. The molecule has 1 aliphatic heterocycles. The van der Waals surface area contributed by atoms with Gasteiger partial charge in [0.15, 0.2) is 0 Å². The highest BCUT2D eigenvalue weighted by atomic mass is 16.6. The van der Waals surface area contributed by atoms with Gasteiger partial charge >= 0.3 is 6.03 Å². The summed E-state index contributed by atoms with van der Waals surface area (Å²) in [4.78, 5) is 35.5. The topological polar surface area (TPSA) is 123 Å². The molecule has 1 heterocycles. The summed E-state index contributed by atoms with van der Waals surface area (Å²) in [5, 5.41) is 19.1. The summed E-state index contributed by atoms with van der Waals surface area (Å²) in [7, 11) is 0. The first-order valence-electron chi connectivity index (χ1n) is 8.96. The van der Waals surface area contributed by atoms with Gasteiger partial charge in [-0.1, -0.05) is 12.1 Å². The highest BCUT2D eigenvalue weighted by Gasteiger charge is 2.32. The van der Waals surface area contributed by atoms with Gasteiger partial charge in [0.05, 0.1) is 23.1 Å². The summed E-state index contributed by atoms with van der Waals surface area (Å²) >= 11 is 0. The molecule has 0 unspecified atom stereocenters. The van der Waals surface area contributed by atoms with E-state index in [0.29, 0.717) is 29.3 Å². The molecule has 150 valence electrons. The van der Waals surface area contributed by atoms with Gasteiger partial charge < -0.3 is 20.7 Å². The molecule has 9 nitrogen and oxygen atoms in total. The Morgan fingerprint density at radius 3 is 2.62 bits per heavy atom. The summed E-state index contributed by atoms with van der Waals surface area (Å²) in [5.41, 5.74) is 1.49. The molecule has 0 spiro atoms. The number of nitro groups is 1. The van der Waals surface area contributed by atoms with Crippen LogP contribution in [0.5, 0.6) is 5.75 Å². The second-order valence-electron chi connectivity index (χ2n) is 6.33. The van der Waals surface area contributed by atoms with E-state index in [2.05, 4.69) is 16.0 Å². The van der Waals surface area contributed by atoms with E-state index in [4.69, 9.17) is 4.74 Å². The number of amides is 3. The van der Waals surface area contributed by atoms with Gasteiger partial charge in [0.1, 0.15) is 5.75 Å². The van der Waals surface area contributed by atoms with E-state index in [9.17, 15) is 19.7 Å². The van der Waals surface area contributed by atoms with Crippen molar-refractivity contribution in [3.63, 3.8) is 0 Å². The predicted molar refractivity (Wildman–Crippen MR) is 106 cm³/mol. The normalized spacial score (nSPS) is 15.9. The summed E-state index contributed by atoms with van der Waals surface area (Å²) in [5.74, 6) is 0.248. The third-order valence-electron chi connectivity index (χ3n) is 4.35. The van der Waals surface area contributed by atoms with E-state index in [1.165, 1.54) is 18.2 Å². The van der Waals surface area contributed by atoms with E-state index in [1.807, 2.05) is 6.92 Å². The molecule has 3 amide bonds. The number of carbonyl (C=O) groups is 2. The van der Waals surface area contributed by atoms with Crippen molar-refractivity contribution in [1.29, 1.82) is 0 Å². The number of nitrogens with one attached hydrogen (secondary N) is 3. The van der Waals surface area contributed by atoms with Gasteiger partial charge in [-0.25, -0.2) is 4.79 Å². The minimum Gasteiger partial charge on any atom is -0.494 e. The van der Waals surface area contributed by atoms with Gasteiger partial charge in [0.25, 0.3) is 11.6 Å². The van der Waals surface area contributed by atoms with Gasteiger partial charge in [-0.3, -0.25) is 14.9 Å². The van der Waals surface area contributed by atoms with E-state index in [1.54, 1.807) is 37.3 Å². The van der Waals surface area contributed by atoms with Crippen LogP contribution in [0.3, 0.4) is 0 Å². The third kappa shape index (κ3) is 4.52. The van der Waals surface area contributed by atoms with Crippen molar-refractivity contribution in [2.24, 2.45) is 0 Å². The van der Waals surface area contributed by atoms with Crippen LogP contribution in [-0.2, 0) is 4.79 Å². The van der Waals surface area contributed by atoms with Gasteiger partial charge in [0.2, 0.25) is 0 Å². The largest absolute Gasteiger partial charge is 0.494 e. The Morgan fingerprint density at radius 1 is 1.24 bits per heavy atom. The summed E-state index contributed by atoms with van der Waals surface area (Å²) in [6, 6.07) is 11.4. The maximum Gasteiger partial charge on any atom is 0.319 e. The second-order valence-corrected chi connectivity index (χ2v) is 6.33. The number of urea groups is 1. The van der Waals surface area contributed by atoms with Crippen LogP contribution in [0.25, 0.3) is 0 Å². The van der Waals surface area contributed by atoms with Crippen LogP contribution in [0.2, 0.25) is 0 Å². The van der Waals surface area contributed by atoms with E-state index >= 15 is 0 Å². The monoisotopic (exact) mass is 396 g/mol. The van der Waals surface area contributed by atoms with Gasteiger partial charge in [-0.2, -0.15) is 0 Å². The first-order valence-corrected chi connectivity index (χ1v) is 8.96. The van der Waals surface area contributed by atoms with Crippen LogP contribution in [0.1, 0.15) is 25.5 Å². The minimum absolute atomic E-state index is 0.126. The van der Waals surface area contributed by atoms with Crippen LogP contribution < -0.4 is 20.7 Å². The lowest BCUT2D eigenvalue weighted by Gasteiger charge is -2.28. The maximum absolute atomic E-state index is 13.0. The van der Waals surface area contributed by atoms with Crippen LogP contribution in [0.4, 0.5) is 16.2 Å². The standard InChI is InChI=1S/C20H20N4O5/c1-3-29-16-9-7-14(8-10-16)22-19(25)17-12(2)21-20(26)23-18(17)13-5-4-6-15(11-13)24(27)28/h4-11,18H,3H2,1-2H3,(H,22,25)(H2,21,23,26)/t18-/m1/s1. The van der Waals surface area contributed by atoms with Crippen molar-refractivity contribution in [2.45, 2.75) is 19.9 Å². The van der Waals surface area contributed by atoms with Crippen LogP contribution in [0.15, 0.2) is 59.8 Å². The number of benzene rings is 2. The number of ether oxygens (including phenoxy) is 1. The molecule has 0 aromatic heterocycles. The molecule has 1 aliphatic rings. The number of nitro benzene ring substituents is 1. The van der Waals surface area contributed by atoms with E-state index in [0.717, 1.165) is 0 Å². The van der Waals surface area contributed by atoms with E-state index < -0.39 is 22.9 Å². The van der Waals surface area contributed by atoms with Crippen LogP contribution in [-0.4, -0.2) is 23.5 Å². The Kier molecular flexibility index (Phi) is 5.77. The molecule has 3 N–H and O–H groups in total. The Balaban J connectivity index is 1.90. The van der Waals surface area contributed by atoms with Crippen molar-refractivity contribution < 1.29 is 19.2 Å². The van der Waals surface area contributed by atoms with Crippen molar-refractivity contribution in [3.8, 4) is 5.75 Å². The molecule has 0 fully saturated rings. The number of non-ortho nitro benzene ring substituents is 1. The zero-order valence-electron chi connectivity index (χ0n) is 15.9. The zero-order valence-corrected chi connectivity index (χ0v) is 15.9. The fourth-order valence-corrected chi connectivity index (χ4v) is 3.06. The molecular formula is C20H20N4O5. The maximum atomic E-state index is 13.0. The Bertz CT molecular complexity index is 985. The fraction of sp³-hybridized carbons (Fsp3) is 0.200. The lowest BCUT2D eigenvalue weighted by Crippen LogP contribution is -2.46. The molecule has 0 bridgehead atoms. The quantitative estimate of drug-likeness (QED) is 0.511. The summed E-state index contributed by atoms with van der Waals surface area (Å²) in [6.45, 7) is 4.02. The first-order chi connectivity index (χ1) is 13.9. The molecule has 2 aromatic carbocycles. The Morgan fingerprint density at radius 2 is 1.97 bits per heavy atom. The highest BCUT2D eigenvalue weighted by Crippen LogP contribution is 2.30. The average molecular weight is 396 g/mol. The Hall–Kier alpha value is -3.88. The molecule has 29 heavy (non-hydrogen) atoms. The number of hydrogen-bond acceptors (Lipinski definition) is 5. The van der Waals surface area contributed by atoms with Crippen molar-refractivity contribution in [1.82, 2.24) is 10.6 Å². The molecule has 0 aliphatic carbocycles. The molecule has 1 atom stereocenters. The summed E-state index contributed by atoms with van der Waals surface area (Å²) < 4.78 is 5.38. The van der Waals surface area contributed by atoms with Crippen LogP contribution in [0, 0.1) is 10.1 Å². The van der Waals surface area contributed by atoms with Crippen molar-refractivity contribution >= 4 is 23.3 Å². The minimum atomic E-state index is -0.827. The molecular weight excluding hydrogens is 376 g/mol. The Labute approximate surface area is 166 Å². The van der Waals surface area contributed by atoms with Gasteiger partial charge in [-0.15, -0.1) is 0 Å². The number of rotatable bonds is 6. The van der Waals surface area contributed by atoms with Crippen molar-refractivity contribution in [2.75, 3.05) is 11.9 Å². The molecule has 0 radical (unpaired) electrons. The molecule has 2 aromatic rings. The van der Waals surface area contributed by atoms with E-state index in [-0.39, 0.29) is 11.3 Å². The molecule has 0 saturated carbocycles. The lowest BCUT2D eigenvalue weighted by molar-refractivity contribution is -0.384. The number of hydrogen-bond donors (Lipinski definition) is 3. The second kappa shape index (κ2) is 8.42. The average Bonchev–Trinajstić information content (AvgIpc) is 2.69. The molecule has 3 rings (SSSR count). The highest BCUT2D eigenvalue weighted by molar-refractivity contribution is 6.06. The van der Waals surface area contributed by atoms with Gasteiger partial charge in [0, 0.05) is 23.5 Å². The number of nitrogens with zero attached hydrogens (tertiary/aromatic N) is 1. The predicted octanol–water partition coefficient (Wildman–Crippen LogP) is 3.26. The fourth-order valence-electron chi connectivity index (χ4n) is 3.06.